The molecule has 5 rings (SSSR count). The predicted octanol–water partition coefficient (Wildman–Crippen LogP) is 4.73. The van der Waals surface area contributed by atoms with E-state index in [1.807, 2.05) is 31.2 Å². The Balaban J connectivity index is 1.42. The molecule has 1 aliphatic rings. The molecule has 0 atom stereocenters. The number of hydrogen-bond donors (Lipinski definition) is 0. The maximum absolute atomic E-state index is 12.9. The molecule has 0 amide bonds. The fourth-order valence-corrected chi connectivity index (χ4v) is 4.90. The number of carbonyl (C=O) groups excluding carboxylic acids is 1. The van der Waals surface area contributed by atoms with Crippen molar-refractivity contribution >= 4 is 39.6 Å². The average Bonchev–Trinajstić information content (AvgIpc) is 3.44. The molecule has 1 aromatic carbocycles. The first-order valence-electron chi connectivity index (χ1n) is 10.0. The van der Waals surface area contributed by atoms with Crippen molar-refractivity contribution in [3.8, 4) is 0 Å². The highest BCUT2D eigenvalue weighted by Gasteiger charge is 2.28. The minimum absolute atomic E-state index is 0.120. The van der Waals surface area contributed by atoms with Crippen LogP contribution in [0, 0.1) is 13.8 Å². The Bertz CT molecular complexity index is 1250. The Labute approximate surface area is 173 Å². The van der Waals surface area contributed by atoms with Gasteiger partial charge in [0.15, 0.2) is 11.4 Å². The van der Waals surface area contributed by atoms with Crippen LogP contribution < -0.4 is 0 Å². The summed E-state index contributed by atoms with van der Waals surface area (Å²) in [7, 11) is 0. The van der Waals surface area contributed by atoms with Crippen LogP contribution >= 0.6 is 11.8 Å². The van der Waals surface area contributed by atoms with Crippen molar-refractivity contribution in [2.24, 2.45) is 0 Å². The van der Waals surface area contributed by atoms with Crippen LogP contribution in [-0.4, -0.2) is 35.9 Å². The zero-order chi connectivity index (χ0) is 20.1. The largest absolute Gasteiger partial charge is 0.345 e. The summed E-state index contributed by atoms with van der Waals surface area (Å²) in [6.45, 7) is 7.03. The van der Waals surface area contributed by atoms with Crippen molar-refractivity contribution in [3.63, 3.8) is 0 Å². The number of rotatable bonds is 6. The Kier molecular flexibility index (Phi) is 4.42. The third-order valence-electron chi connectivity index (χ3n) is 5.70. The van der Waals surface area contributed by atoms with Crippen LogP contribution in [0.5, 0.6) is 0 Å². The zero-order valence-corrected chi connectivity index (χ0v) is 17.7. The van der Waals surface area contributed by atoms with Gasteiger partial charge in [0, 0.05) is 34.9 Å². The van der Waals surface area contributed by atoms with Gasteiger partial charge in [-0.05, 0) is 45.7 Å². The highest BCUT2D eigenvalue weighted by molar-refractivity contribution is 7.99. The maximum Gasteiger partial charge on any atom is 0.211 e. The smallest absolute Gasteiger partial charge is 0.211 e. The summed E-state index contributed by atoms with van der Waals surface area (Å²) < 4.78 is 4.45. The molecule has 3 heterocycles. The SMILES string of the molecule is CCn1c2ccccc2c2nnc(SCC(=O)c3cc(C)n(C4CC4)c3C)nc21. The molecule has 0 aliphatic heterocycles. The third kappa shape index (κ3) is 3.04. The number of hydrogen-bond acceptors (Lipinski definition) is 5. The topological polar surface area (TPSA) is 65.6 Å². The fraction of sp³-hybridized carbons (Fsp3) is 0.364. The second-order valence-electron chi connectivity index (χ2n) is 7.63. The quantitative estimate of drug-likeness (QED) is 0.343. The van der Waals surface area contributed by atoms with Crippen molar-refractivity contribution in [3.05, 3.63) is 47.3 Å². The number of carbonyl (C=O) groups is 1. The Morgan fingerprint density at radius 1 is 1.21 bits per heavy atom. The van der Waals surface area contributed by atoms with Gasteiger partial charge in [-0.1, -0.05) is 30.0 Å². The number of aromatic nitrogens is 5. The number of aryl methyl sites for hydroxylation is 2. The van der Waals surface area contributed by atoms with E-state index in [1.54, 1.807) is 0 Å². The zero-order valence-electron chi connectivity index (χ0n) is 16.8. The third-order valence-corrected chi connectivity index (χ3v) is 6.54. The van der Waals surface area contributed by atoms with Gasteiger partial charge in [-0.25, -0.2) is 4.98 Å². The van der Waals surface area contributed by atoms with Crippen molar-refractivity contribution < 1.29 is 4.79 Å². The molecule has 0 spiro atoms. The van der Waals surface area contributed by atoms with Crippen LogP contribution in [0.2, 0.25) is 0 Å². The molecule has 6 nitrogen and oxygen atoms in total. The first-order valence-corrected chi connectivity index (χ1v) is 11.0. The van der Waals surface area contributed by atoms with Crippen LogP contribution in [0.25, 0.3) is 22.1 Å². The van der Waals surface area contributed by atoms with Gasteiger partial charge < -0.3 is 9.13 Å². The first-order chi connectivity index (χ1) is 14.1. The van der Waals surface area contributed by atoms with Crippen molar-refractivity contribution in [2.45, 2.75) is 51.4 Å². The molecule has 29 heavy (non-hydrogen) atoms. The summed E-state index contributed by atoms with van der Waals surface area (Å²) in [5, 5.41) is 10.3. The van der Waals surface area contributed by atoms with Gasteiger partial charge in [0.25, 0.3) is 0 Å². The lowest BCUT2D eigenvalue weighted by molar-refractivity contribution is 0.102. The van der Waals surface area contributed by atoms with E-state index in [0.717, 1.165) is 39.9 Å². The van der Waals surface area contributed by atoms with Crippen LogP contribution in [0.15, 0.2) is 35.5 Å². The Hall–Kier alpha value is -2.67. The lowest BCUT2D eigenvalue weighted by Crippen LogP contribution is -2.06. The van der Waals surface area contributed by atoms with E-state index in [9.17, 15) is 4.79 Å². The molecule has 0 unspecified atom stereocenters. The molecule has 1 saturated carbocycles. The van der Waals surface area contributed by atoms with Crippen LogP contribution in [0.3, 0.4) is 0 Å². The van der Waals surface area contributed by atoms with Gasteiger partial charge in [-0.3, -0.25) is 4.79 Å². The molecular formula is C22H23N5OS. The Morgan fingerprint density at radius 2 is 2.00 bits per heavy atom. The van der Waals surface area contributed by atoms with E-state index in [4.69, 9.17) is 4.98 Å². The monoisotopic (exact) mass is 405 g/mol. The summed E-state index contributed by atoms with van der Waals surface area (Å²) in [5.41, 5.74) is 5.81. The molecular weight excluding hydrogens is 382 g/mol. The van der Waals surface area contributed by atoms with Crippen molar-refractivity contribution in [1.29, 1.82) is 0 Å². The van der Waals surface area contributed by atoms with Crippen LogP contribution in [0.1, 0.15) is 47.6 Å². The van der Waals surface area contributed by atoms with Crippen molar-refractivity contribution in [2.75, 3.05) is 5.75 Å². The molecule has 0 N–H and O–H groups in total. The molecule has 0 saturated heterocycles. The number of fused-ring (bicyclic) bond motifs is 3. The molecule has 1 fully saturated rings. The summed E-state index contributed by atoms with van der Waals surface area (Å²) in [6, 6.07) is 10.7. The highest BCUT2D eigenvalue weighted by Crippen LogP contribution is 2.38. The normalized spacial score (nSPS) is 14.2. The van der Waals surface area contributed by atoms with Gasteiger partial charge in [-0.15, -0.1) is 10.2 Å². The Morgan fingerprint density at radius 3 is 2.76 bits per heavy atom. The van der Waals surface area contributed by atoms with E-state index in [-0.39, 0.29) is 5.78 Å². The lowest BCUT2D eigenvalue weighted by Gasteiger charge is -2.07. The number of Topliss-reactive ketones (excluding diaryl/α,β-unsaturated/α-hetero) is 1. The van der Waals surface area contributed by atoms with E-state index in [2.05, 4.69) is 39.2 Å². The second kappa shape index (κ2) is 6.99. The van der Waals surface area contributed by atoms with E-state index >= 15 is 0 Å². The average molecular weight is 406 g/mol. The summed E-state index contributed by atoms with van der Waals surface area (Å²) in [5.74, 6) is 0.434. The molecule has 0 radical (unpaired) electrons. The standard InChI is InChI=1S/C22H23N5OS/c1-4-26-18-8-6-5-7-16(18)20-21(26)23-22(25-24-20)29-12-19(28)17-11-13(2)27(14(17)3)15-9-10-15/h5-8,11,15H,4,9-10,12H2,1-3H3. The fourth-order valence-electron chi connectivity index (χ4n) is 4.23. The van der Waals surface area contributed by atoms with Crippen LogP contribution in [0.4, 0.5) is 0 Å². The van der Waals surface area contributed by atoms with Gasteiger partial charge in [0.2, 0.25) is 5.16 Å². The van der Waals surface area contributed by atoms with E-state index in [0.29, 0.717) is 17.0 Å². The number of ketones is 1. The molecule has 1 aliphatic carbocycles. The molecule has 0 bridgehead atoms. The highest BCUT2D eigenvalue weighted by atomic mass is 32.2. The molecule has 148 valence electrons. The van der Waals surface area contributed by atoms with Gasteiger partial charge >= 0.3 is 0 Å². The van der Waals surface area contributed by atoms with Gasteiger partial charge in [-0.2, -0.15) is 0 Å². The number of thioether (sulfide) groups is 1. The van der Waals surface area contributed by atoms with E-state index in [1.165, 1.54) is 30.3 Å². The second-order valence-corrected chi connectivity index (χ2v) is 8.57. The summed E-state index contributed by atoms with van der Waals surface area (Å²) in [6.07, 6.45) is 2.42. The number of benzene rings is 1. The maximum atomic E-state index is 12.9. The van der Waals surface area contributed by atoms with Gasteiger partial charge in [0.05, 0.1) is 11.3 Å². The van der Waals surface area contributed by atoms with Gasteiger partial charge in [0.1, 0.15) is 5.52 Å². The number of nitrogens with zero attached hydrogens (tertiary/aromatic N) is 5. The minimum Gasteiger partial charge on any atom is -0.345 e. The number of para-hydroxylation sites is 1. The molecule has 4 aromatic rings. The minimum atomic E-state index is 0.120. The van der Waals surface area contributed by atoms with Crippen molar-refractivity contribution in [1.82, 2.24) is 24.3 Å². The molecule has 3 aromatic heterocycles. The summed E-state index contributed by atoms with van der Waals surface area (Å²) in [4.78, 5) is 17.6. The predicted molar refractivity (Wildman–Crippen MR) is 116 cm³/mol. The first kappa shape index (κ1) is 18.4. The van der Waals surface area contributed by atoms with E-state index < -0.39 is 0 Å². The van der Waals surface area contributed by atoms with Crippen LogP contribution in [-0.2, 0) is 6.54 Å². The lowest BCUT2D eigenvalue weighted by atomic mass is 10.2. The molecule has 7 heteroatoms. The summed E-state index contributed by atoms with van der Waals surface area (Å²) >= 11 is 1.36.